The summed E-state index contributed by atoms with van der Waals surface area (Å²) >= 11 is 0. The molecule has 1 aromatic carbocycles. The SMILES string of the molecule is CCC1CCCCC1OCc1ccc([Si](C)(C)C)cc1. The fraction of sp³-hybridized carbons (Fsp3) is 0.667. The van der Waals surface area contributed by atoms with E-state index in [1.54, 1.807) is 0 Å². The van der Waals surface area contributed by atoms with Crippen LogP contribution in [0.1, 0.15) is 44.6 Å². The molecule has 2 rings (SSSR count). The normalized spacial score (nSPS) is 23.8. The smallest absolute Gasteiger partial charge is 0.0775 e. The average molecular weight is 291 g/mol. The number of benzene rings is 1. The van der Waals surface area contributed by atoms with Gasteiger partial charge in [0.1, 0.15) is 0 Å². The van der Waals surface area contributed by atoms with Crippen LogP contribution in [-0.2, 0) is 11.3 Å². The molecule has 1 nitrogen and oxygen atoms in total. The molecule has 20 heavy (non-hydrogen) atoms. The topological polar surface area (TPSA) is 9.23 Å². The van der Waals surface area contributed by atoms with Gasteiger partial charge in [0.05, 0.1) is 20.8 Å². The number of hydrogen-bond donors (Lipinski definition) is 0. The van der Waals surface area contributed by atoms with Gasteiger partial charge in [-0.1, -0.05) is 75.3 Å². The van der Waals surface area contributed by atoms with Crippen molar-refractivity contribution in [1.29, 1.82) is 0 Å². The number of ether oxygens (including phenoxy) is 1. The molecule has 0 radical (unpaired) electrons. The van der Waals surface area contributed by atoms with E-state index in [-0.39, 0.29) is 0 Å². The largest absolute Gasteiger partial charge is 0.373 e. The van der Waals surface area contributed by atoms with E-state index in [1.165, 1.54) is 42.9 Å². The Bertz CT molecular complexity index is 404. The maximum atomic E-state index is 6.21. The van der Waals surface area contributed by atoms with Crippen LogP contribution in [0.2, 0.25) is 19.6 Å². The molecule has 0 spiro atoms. The van der Waals surface area contributed by atoms with Crippen molar-refractivity contribution in [3.05, 3.63) is 29.8 Å². The second-order valence-electron chi connectivity index (χ2n) is 7.25. The van der Waals surface area contributed by atoms with Crippen LogP contribution in [0.3, 0.4) is 0 Å². The summed E-state index contributed by atoms with van der Waals surface area (Å²) < 4.78 is 6.21. The first-order valence-corrected chi connectivity index (χ1v) is 11.7. The molecule has 0 aliphatic heterocycles. The second kappa shape index (κ2) is 6.90. The standard InChI is InChI=1S/C18H30OSi/c1-5-16-8-6-7-9-18(16)19-14-15-10-12-17(13-11-15)20(2,3)4/h10-13,16,18H,5-9,14H2,1-4H3. The molecule has 2 unspecified atom stereocenters. The van der Waals surface area contributed by atoms with E-state index in [0.29, 0.717) is 6.10 Å². The summed E-state index contributed by atoms with van der Waals surface area (Å²) in [5, 5.41) is 1.53. The van der Waals surface area contributed by atoms with Gasteiger partial charge in [-0.3, -0.25) is 0 Å². The predicted molar refractivity (Wildman–Crippen MR) is 90.2 cm³/mol. The van der Waals surface area contributed by atoms with Crippen LogP contribution in [-0.4, -0.2) is 14.2 Å². The number of rotatable bonds is 5. The molecule has 0 heterocycles. The van der Waals surface area contributed by atoms with Crippen molar-refractivity contribution in [3.63, 3.8) is 0 Å². The van der Waals surface area contributed by atoms with Crippen LogP contribution >= 0.6 is 0 Å². The first kappa shape index (κ1) is 15.8. The van der Waals surface area contributed by atoms with Gasteiger partial charge in [0, 0.05) is 0 Å². The maximum absolute atomic E-state index is 6.21. The van der Waals surface area contributed by atoms with E-state index in [2.05, 4.69) is 50.8 Å². The van der Waals surface area contributed by atoms with Crippen molar-refractivity contribution in [2.45, 2.75) is 71.4 Å². The van der Waals surface area contributed by atoms with Gasteiger partial charge in [0.15, 0.2) is 0 Å². The summed E-state index contributed by atoms with van der Waals surface area (Å²) in [6.45, 7) is 10.3. The molecule has 1 aromatic rings. The Hall–Kier alpha value is -0.603. The van der Waals surface area contributed by atoms with Gasteiger partial charge in [-0.15, -0.1) is 0 Å². The fourth-order valence-electron chi connectivity index (χ4n) is 3.16. The molecule has 1 aliphatic carbocycles. The fourth-order valence-corrected chi connectivity index (χ4v) is 4.33. The third-order valence-corrected chi connectivity index (χ3v) is 6.71. The molecular weight excluding hydrogens is 260 g/mol. The lowest BCUT2D eigenvalue weighted by Gasteiger charge is -2.30. The predicted octanol–water partition coefficient (Wildman–Crippen LogP) is 4.72. The summed E-state index contributed by atoms with van der Waals surface area (Å²) in [4.78, 5) is 0. The van der Waals surface area contributed by atoms with Crippen LogP contribution in [0.5, 0.6) is 0 Å². The minimum absolute atomic E-state index is 0.491. The van der Waals surface area contributed by atoms with Crippen molar-refractivity contribution >= 4 is 13.3 Å². The van der Waals surface area contributed by atoms with E-state index in [9.17, 15) is 0 Å². The lowest BCUT2D eigenvalue weighted by Crippen LogP contribution is -2.37. The third-order valence-electron chi connectivity index (χ3n) is 4.65. The van der Waals surface area contributed by atoms with E-state index < -0.39 is 8.07 Å². The maximum Gasteiger partial charge on any atom is 0.0775 e. The van der Waals surface area contributed by atoms with Crippen LogP contribution in [0.4, 0.5) is 0 Å². The van der Waals surface area contributed by atoms with Crippen LogP contribution in [0.15, 0.2) is 24.3 Å². The summed E-state index contributed by atoms with van der Waals surface area (Å²) in [6.07, 6.45) is 7.10. The lowest BCUT2D eigenvalue weighted by atomic mass is 9.85. The summed E-state index contributed by atoms with van der Waals surface area (Å²) in [7, 11) is -1.17. The Morgan fingerprint density at radius 2 is 1.70 bits per heavy atom. The van der Waals surface area contributed by atoms with Crippen molar-refractivity contribution in [3.8, 4) is 0 Å². The van der Waals surface area contributed by atoms with Crippen LogP contribution in [0, 0.1) is 5.92 Å². The molecule has 0 aromatic heterocycles. The van der Waals surface area contributed by atoms with Gasteiger partial charge in [-0.2, -0.15) is 0 Å². The Morgan fingerprint density at radius 3 is 2.30 bits per heavy atom. The molecule has 1 saturated carbocycles. The minimum Gasteiger partial charge on any atom is -0.373 e. The van der Waals surface area contributed by atoms with E-state index in [1.807, 2.05) is 0 Å². The van der Waals surface area contributed by atoms with E-state index in [0.717, 1.165) is 12.5 Å². The molecule has 1 aliphatic rings. The average Bonchev–Trinajstić information content (AvgIpc) is 2.45. The lowest BCUT2D eigenvalue weighted by molar-refractivity contribution is -0.0221. The molecule has 2 heteroatoms. The van der Waals surface area contributed by atoms with Gasteiger partial charge in [-0.05, 0) is 24.3 Å². The molecule has 1 fully saturated rings. The van der Waals surface area contributed by atoms with Crippen molar-refractivity contribution in [1.82, 2.24) is 0 Å². The minimum atomic E-state index is -1.17. The molecule has 0 N–H and O–H groups in total. The zero-order valence-corrected chi connectivity index (χ0v) is 14.6. The molecule has 0 bridgehead atoms. The summed E-state index contributed by atoms with van der Waals surface area (Å²) in [6, 6.07) is 9.14. The zero-order chi connectivity index (χ0) is 14.6. The monoisotopic (exact) mass is 290 g/mol. The Morgan fingerprint density at radius 1 is 1.05 bits per heavy atom. The Kier molecular flexibility index (Phi) is 5.45. The second-order valence-corrected chi connectivity index (χ2v) is 12.3. The highest BCUT2D eigenvalue weighted by atomic mass is 28.3. The van der Waals surface area contributed by atoms with E-state index in [4.69, 9.17) is 4.74 Å². The van der Waals surface area contributed by atoms with Crippen LogP contribution < -0.4 is 5.19 Å². The molecular formula is C18H30OSi. The Labute approximate surface area is 125 Å². The van der Waals surface area contributed by atoms with Crippen molar-refractivity contribution < 1.29 is 4.74 Å². The van der Waals surface area contributed by atoms with Crippen molar-refractivity contribution in [2.75, 3.05) is 0 Å². The van der Waals surface area contributed by atoms with Gasteiger partial charge < -0.3 is 4.74 Å². The quantitative estimate of drug-likeness (QED) is 0.713. The first-order chi connectivity index (χ1) is 9.50. The van der Waals surface area contributed by atoms with E-state index >= 15 is 0 Å². The van der Waals surface area contributed by atoms with Gasteiger partial charge in [-0.25, -0.2) is 0 Å². The van der Waals surface area contributed by atoms with Gasteiger partial charge in [0.2, 0.25) is 0 Å². The highest BCUT2D eigenvalue weighted by molar-refractivity contribution is 6.88. The zero-order valence-electron chi connectivity index (χ0n) is 13.6. The molecule has 0 saturated heterocycles. The number of hydrogen-bond acceptors (Lipinski definition) is 1. The summed E-state index contributed by atoms with van der Waals surface area (Å²) in [5.74, 6) is 0.782. The Balaban J connectivity index is 1.90. The third kappa shape index (κ3) is 4.19. The van der Waals surface area contributed by atoms with Crippen molar-refractivity contribution in [2.24, 2.45) is 5.92 Å². The van der Waals surface area contributed by atoms with Gasteiger partial charge >= 0.3 is 0 Å². The van der Waals surface area contributed by atoms with Crippen LogP contribution in [0.25, 0.3) is 0 Å². The molecule has 0 amide bonds. The first-order valence-electron chi connectivity index (χ1n) is 8.21. The molecule has 112 valence electrons. The highest BCUT2D eigenvalue weighted by Gasteiger charge is 2.24. The highest BCUT2D eigenvalue weighted by Crippen LogP contribution is 2.29. The summed E-state index contributed by atoms with van der Waals surface area (Å²) in [5.41, 5.74) is 1.33. The van der Waals surface area contributed by atoms with Gasteiger partial charge in [0.25, 0.3) is 0 Å². The molecule has 2 atom stereocenters.